The summed E-state index contributed by atoms with van der Waals surface area (Å²) >= 11 is 6.22. The van der Waals surface area contributed by atoms with Crippen molar-refractivity contribution in [3.8, 4) is 0 Å². The number of carbonyl (C=O) groups excluding carboxylic acids is 1. The van der Waals surface area contributed by atoms with Crippen molar-refractivity contribution < 1.29 is 9.18 Å². The lowest BCUT2D eigenvalue weighted by molar-refractivity contribution is -0.133. The van der Waals surface area contributed by atoms with Gasteiger partial charge in [-0.3, -0.25) is 4.79 Å². The Bertz CT molecular complexity index is 1010. The number of hydrogen-bond donors (Lipinski definition) is 1. The van der Waals surface area contributed by atoms with Crippen LogP contribution in [0.4, 0.5) is 4.39 Å². The molecule has 0 aliphatic carbocycles. The zero-order valence-electron chi connectivity index (χ0n) is 16.5. The maximum absolute atomic E-state index is 14.7. The van der Waals surface area contributed by atoms with Gasteiger partial charge in [0.25, 0.3) is 0 Å². The Labute approximate surface area is 175 Å². The number of aromatic nitrogens is 1. The maximum Gasteiger partial charge on any atom is 0.223 e. The molecule has 1 saturated heterocycles. The van der Waals surface area contributed by atoms with Crippen LogP contribution in [-0.4, -0.2) is 53.4 Å². The lowest BCUT2D eigenvalue weighted by atomic mass is 9.87. The minimum absolute atomic E-state index is 0.0605. The fourth-order valence-corrected chi connectivity index (χ4v) is 4.34. The van der Waals surface area contributed by atoms with Crippen molar-refractivity contribution in [3.05, 3.63) is 70.6 Å². The molecule has 4 nitrogen and oxygen atoms in total. The molecular formula is C23H25ClFN3O. The van der Waals surface area contributed by atoms with Crippen LogP contribution in [0.25, 0.3) is 10.9 Å². The molecule has 6 heteroatoms. The first-order chi connectivity index (χ1) is 14.1. The second kappa shape index (κ2) is 8.56. The number of rotatable bonds is 5. The van der Waals surface area contributed by atoms with E-state index >= 15 is 0 Å². The van der Waals surface area contributed by atoms with Crippen LogP contribution in [0.15, 0.2) is 48.7 Å². The number of nitrogens with one attached hydrogen (secondary N) is 1. The fraction of sp³-hybridized carbons (Fsp3) is 0.348. The van der Waals surface area contributed by atoms with Crippen molar-refractivity contribution in [2.24, 2.45) is 0 Å². The number of piperazine rings is 1. The number of fused-ring (bicyclic) bond motifs is 1. The fourth-order valence-electron chi connectivity index (χ4n) is 4.17. The number of amides is 1. The van der Waals surface area contributed by atoms with Gasteiger partial charge in [-0.1, -0.05) is 36.7 Å². The Morgan fingerprint density at radius 2 is 1.90 bits per heavy atom. The van der Waals surface area contributed by atoms with Crippen molar-refractivity contribution in [3.63, 3.8) is 0 Å². The van der Waals surface area contributed by atoms with E-state index in [1.165, 1.54) is 6.07 Å². The second-order valence-corrected chi connectivity index (χ2v) is 7.96. The van der Waals surface area contributed by atoms with Crippen molar-refractivity contribution in [2.45, 2.75) is 19.3 Å². The Balaban J connectivity index is 1.67. The highest BCUT2D eigenvalue weighted by Crippen LogP contribution is 2.36. The Morgan fingerprint density at radius 1 is 1.14 bits per heavy atom. The molecule has 152 valence electrons. The summed E-state index contributed by atoms with van der Waals surface area (Å²) in [6.07, 6.45) is 2.10. The van der Waals surface area contributed by atoms with E-state index in [9.17, 15) is 9.18 Å². The van der Waals surface area contributed by atoms with Gasteiger partial charge in [0, 0.05) is 60.6 Å². The SMILES string of the molecule is CCN1CCN(C(=O)C[C@H](c2ccccc2F)c2c[nH]c3ccc(Cl)cc23)CC1. The van der Waals surface area contributed by atoms with E-state index in [-0.39, 0.29) is 24.1 Å². The van der Waals surface area contributed by atoms with E-state index in [0.717, 1.165) is 49.2 Å². The van der Waals surface area contributed by atoms with E-state index in [4.69, 9.17) is 11.6 Å². The molecule has 0 bridgehead atoms. The highest BCUT2D eigenvalue weighted by molar-refractivity contribution is 6.31. The average molecular weight is 414 g/mol. The summed E-state index contributed by atoms with van der Waals surface area (Å²) < 4.78 is 14.7. The average Bonchev–Trinajstić information content (AvgIpc) is 3.15. The van der Waals surface area contributed by atoms with Gasteiger partial charge in [0.2, 0.25) is 5.91 Å². The Hall–Kier alpha value is -2.37. The monoisotopic (exact) mass is 413 g/mol. The van der Waals surface area contributed by atoms with Gasteiger partial charge < -0.3 is 14.8 Å². The molecule has 3 aromatic rings. The van der Waals surface area contributed by atoms with Gasteiger partial charge in [-0.2, -0.15) is 0 Å². The first-order valence-electron chi connectivity index (χ1n) is 10.1. The van der Waals surface area contributed by atoms with Gasteiger partial charge in [0.1, 0.15) is 5.82 Å². The van der Waals surface area contributed by atoms with Crippen LogP contribution < -0.4 is 0 Å². The van der Waals surface area contributed by atoms with E-state index < -0.39 is 0 Å². The molecule has 2 aromatic carbocycles. The molecule has 0 saturated carbocycles. The van der Waals surface area contributed by atoms with Crippen LogP contribution in [0.3, 0.4) is 0 Å². The number of halogens is 2. The minimum Gasteiger partial charge on any atom is -0.361 e. The van der Waals surface area contributed by atoms with E-state index in [2.05, 4.69) is 16.8 Å². The number of nitrogens with zero attached hydrogens (tertiary/aromatic N) is 2. The number of carbonyl (C=O) groups is 1. The van der Waals surface area contributed by atoms with Gasteiger partial charge in [0.15, 0.2) is 0 Å². The predicted octanol–water partition coefficient (Wildman–Crippen LogP) is 4.65. The van der Waals surface area contributed by atoms with Crippen LogP contribution in [0.5, 0.6) is 0 Å². The van der Waals surface area contributed by atoms with Crippen LogP contribution in [0, 0.1) is 5.82 Å². The zero-order chi connectivity index (χ0) is 20.4. The van der Waals surface area contributed by atoms with Gasteiger partial charge >= 0.3 is 0 Å². The molecule has 4 rings (SSSR count). The van der Waals surface area contributed by atoms with Crippen molar-refractivity contribution in [1.82, 2.24) is 14.8 Å². The van der Waals surface area contributed by atoms with E-state index in [1.807, 2.05) is 35.4 Å². The summed E-state index contributed by atoms with van der Waals surface area (Å²) in [7, 11) is 0. The predicted molar refractivity (Wildman–Crippen MR) is 115 cm³/mol. The third kappa shape index (κ3) is 4.16. The third-order valence-corrected chi connectivity index (χ3v) is 6.12. The molecule has 1 aromatic heterocycles. The normalized spacial score (nSPS) is 16.3. The molecular weight excluding hydrogens is 389 g/mol. The summed E-state index contributed by atoms with van der Waals surface area (Å²) in [5, 5.41) is 1.54. The molecule has 1 aliphatic rings. The number of hydrogen-bond acceptors (Lipinski definition) is 2. The zero-order valence-corrected chi connectivity index (χ0v) is 17.3. The quantitative estimate of drug-likeness (QED) is 0.661. The Kier molecular flexibility index (Phi) is 5.88. The van der Waals surface area contributed by atoms with Crippen LogP contribution in [0.1, 0.15) is 30.4 Å². The first kappa shape index (κ1) is 19.9. The number of aromatic amines is 1. The molecule has 1 fully saturated rings. The van der Waals surface area contributed by atoms with Crippen molar-refractivity contribution >= 4 is 28.4 Å². The van der Waals surface area contributed by atoms with Crippen molar-refractivity contribution in [2.75, 3.05) is 32.7 Å². The lowest BCUT2D eigenvalue weighted by Crippen LogP contribution is -2.48. The van der Waals surface area contributed by atoms with Gasteiger partial charge in [0.05, 0.1) is 0 Å². The smallest absolute Gasteiger partial charge is 0.223 e. The number of benzene rings is 2. The van der Waals surface area contributed by atoms with E-state index in [1.54, 1.807) is 12.1 Å². The van der Waals surface area contributed by atoms with Gasteiger partial charge in [-0.05, 0) is 41.9 Å². The van der Waals surface area contributed by atoms with Gasteiger partial charge in [-0.15, -0.1) is 0 Å². The highest BCUT2D eigenvalue weighted by atomic mass is 35.5. The summed E-state index contributed by atoms with van der Waals surface area (Å²) in [6.45, 7) is 6.33. The van der Waals surface area contributed by atoms with Crippen LogP contribution in [-0.2, 0) is 4.79 Å². The molecule has 2 heterocycles. The standard InChI is InChI=1S/C23H25ClFN3O/c1-2-27-9-11-28(12-10-27)23(29)14-18(17-5-3-4-6-21(17)25)20-15-26-22-8-7-16(24)13-19(20)22/h3-8,13,15,18,26H,2,9-12,14H2,1H3/t18-/m1/s1. The summed E-state index contributed by atoms with van der Waals surface area (Å²) in [6, 6.07) is 12.3. The van der Waals surface area contributed by atoms with Crippen molar-refractivity contribution in [1.29, 1.82) is 0 Å². The molecule has 0 radical (unpaired) electrons. The molecule has 0 unspecified atom stereocenters. The van der Waals surface area contributed by atoms with Gasteiger partial charge in [-0.25, -0.2) is 4.39 Å². The highest BCUT2D eigenvalue weighted by Gasteiger charge is 2.27. The van der Waals surface area contributed by atoms with Crippen LogP contribution in [0.2, 0.25) is 5.02 Å². The first-order valence-corrected chi connectivity index (χ1v) is 10.5. The largest absolute Gasteiger partial charge is 0.361 e. The second-order valence-electron chi connectivity index (χ2n) is 7.53. The lowest BCUT2D eigenvalue weighted by Gasteiger charge is -2.34. The summed E-state index contributed by atoms with van der Waals surface area (Å²) in [5.41, 5.74) is 2.36. The van der Waals surface area contributed by atoms with E-state index in [0.29, 0.717) is 10.6 Å². The molecule has 1 aliphatic heterocycles. The Morgan fingerprint density at radius 3 is 2.62 bits per heavy atom. The summed E-state index contributed by atoms with van der Waals surface area (Å²) in [5.74, 6) is -0.608. The molecule has 1 N–H and O–H groups in total. The summed E-state index contributed by atoms with van der Waals surface area (Å²) in [4.78, 5) is 20.6. The number of likely N-dealkylation sites (N-methyl/N-ethyl adjacent to an activating group) is 1. The minimum atomic E-state index is -0.375. The topological polar surface area (TPSA) is 39.3 Å². The maximum atomic E-state index is 14.7. The molecule has 1 amide bonds. The number of H-pyrrole nitrogens is 1. The molecule has 1 atom stereocenters. The van der Waals surface area contributed by atoms with Crippen LogP contribution >= 0.6 is 11.6 Å². The molecule has 29 heavy (non-hydrogen) atoms. The third-order valence-electron chi connectivity index (χ3n) is 5.88. The molecule has 0 spiro atoms.